The van der Waals surface area contributed by atoms with Crippen molar-refractivity contribution in [3.63, 3.8) is 0 Å². The van der Waals surface area contributed by atoms with E-state index in [1.54, 1.807) is 45.3 Å². The van der Waals surface area contributed by atoms with Crippen LogP contribution in [0.25, 0.3) is 11.5 Å². The third kappa shape index (κ3) is 5.28. The van der Waals surface area contributed by atoms with Crippen LogP contribution in [-0.2, 0) is 0 Å². The van der Waals surface area contributed by atoms with E-state index in [1.165, 1.54) is 13.3 Å². The van der Waals surface area contributed by atoms with E-state index >= 15 is 0 Å². The summed E-state index contributed by atoms with van der Waals surface area (Å²) in [5.41, 5.74) is 8.17. The number of carboxylic acid groups (broad SMARTS) is 1. The van der Waals surface area contributed by atoms with Crippen molar-refractivity contribution in [1.82, 2.24) is 20.2 Å². The fourth-order valence-electron chi connectivity index (χ4n) is 3.23. The molecule has 0 saturated carbocycles. The molecule has 2 heterocycles. The van der Waals surface area contributed by atoms with Gasteiger partial charge in [0, 0.05) is 37.7 Å². The molecule has 0 radical (unpaired) electrons. The van der Waals surface area contributed by atoms with E-state index in [2.05, 4.69) is 35.8 Å². The number of methoxy groups -OCH3 is 1. The van der Waals surface area contributed by atoms with Crippen LogP contribution in [0.5, 0.6) is 5.75 Å². The highest BCUT2D eigenvalue weighted by molar-refractivity contribution is 5.94. The van der Waals surface area contributed by atoms with Gasteiger partial charge in [0.2, 0.25) is 11.8 Å². The molecule has 0 fully saturated rings. The lowest BCUT2D eigenvalue weighted by molar-refractivity contribution is 0.0697. The van der Waals surface area contributed by atoms with Crippen molar-refractivity contribution in [2.75, 3.05) is 24.8 Å². The zero-order chi connectivity index (χ0) is 24.8. The molecule has 0 amide bonds. The summed E-state index contributed by atoms with van der Waals surface area (Å²) in [7, 11) is 3.13. The van der Waals surface area contributed by atoms with Crippen LogP contribution in [0.15, 0.2) is 45.1 Å². The lowest BCUT2D eigenvalue weighted by Gasteiger charge is -2.18. The average Bonchev–Trinajstić information content (AvgIpc) is 3.23. The molecule has 0 aliphatic rings. The van der Waals surface area contributed by atoms with Crippen LogP contribution in [0.4, 0.5) is 17.5 Å². The minimum Gasteiger partial charge on any atom is -0.494 e. The molecule has 0 bridgehead atoms. The lowest BCUT2D eigenvalue weighted by atomic mass is 10.1. The monoisotopic (exact) mass is 466 g/mol. The Bertz CT molecular complexity index is 1250. The van der Waals surface area contributed by atoms with E-state index in [1.807, 2.05) is 6.92 Å². The first-order valence-corrected chi connectivity index (χ1v) is 10.2. The molecule has 12 heteroatoms. The molecule has 0 aliphatic heterocycles. The SMILES string of the molecule is CN=CC(=C(C)N)C(C)Nc1ncc(C(=O)O)c(Nc2cccc(-c3nnc(C)o3)c2OC)n1. The number of carboxylic acids is 1. The van der Waals surface area contributed by atoms with E-state index in [9.17, 15) is 9.90 Å². The number of carbonyl (C=O) groups is 1. The van der Waals surface area contributed by atoms with Gasteiger partial charge in [0.25, 0.3) is 5.89 Å². The van der Waals surface area contributed by atoms with Gasteiger partial charge in [-0.2, -0.15) is 4.98 Å². The van der Waals surface area contributed by atoms with Gasteiger partial charge in [-0.3, -0.25) is 4.99 Å². The predicted octanol–water partition coefficient (Wildman–Crippen LogP) is 3.02. The van der Waals surface area contributed by atoms with Crippen molar-refractivity contribution >= 4 is 29.6 Å². The molecule has 12 nitrogen and oxygen atoms in total. The number of anilines is 3. The standard InChI is InChI=1S/C22H26N8O4/c1-11(23)15(9-24-4)12(2)26-22-25-10-16(21(31)32)19(28-22)27-17-8-6-7-14(18(17)33-5)20-30-29-13(3)34-20/h6-10,12H,23H2,1-5H3,(H,31,32)(H2,25,26,27,28). The number of hydrogen-bond acceptors (Lipinski definition) is 11. The van der Waals surface area contributed by atoms with Crippen LogP contribution in [0.1, 0.15) is 30.1 Å². The fourth-order valence-corrected chi connectivity index (χ4v) is 3.23. The molecule has 34 heavy (non-hydrogen) atoms. The molecular formula is C22H26N8O4. The summed E-state index contributed by atoms with van der Waals surface area (Å²) in [6.45, 7) is 5.31. The van der Waals surface area contributed by atoms with E-state index in [-0.39, 0.29) is 29.3 Å². The van der Waals surface area contributed by atoms with Crippen molar-refractivity contribution in [3.8, 4) is 17.2 Å². The number of nitrogens with two attached hydrogens (primary N) is 1. The Morgan fingerprint density at radius 2 is 2.12 bits per heavy atom. The quantitative estimate of drug-likeness (QED) is 0.341. The number of nitrogens with one attached hydrogen (secondary N) is 2. The minimum atomic E-state index is -1.19. The second-order valence-corrected chi connectivity index (χ2v) is 7.29. The summed E-state index contributed by atoms with van der Waals surface area (Å²) in [6.07, 6.45) is 2.87. The Kier molecular flexibility index (Phi) is 7.41. The van der Waals surface area contributed by atoms with Crippen molar-refractivity contribution in [2.24, 2.45) is 10.7 Å². The number of aromatic nitrogens is 4. The summed E-state index contributed by atoms with van der Waals surface area (Å²) in [5.74, 6) is 0.121. The molecule has 178 valence electrons. The van der Waals surface area contributed by atoms with Crippen LogP contribution in [0.2, 0.25) is 0 Å². The van der Waals surface area contributed by atoms with Crippen LogP contribution in [-0.4, -0.2) is 57.7 Å². The van der Waals surface area contributed by atoms with E-state index in [0.717, 1.165) is 5.57 Å². The van der Waals surface area contributed by atoms with Crippen LogP contribution < -0.4 is 21.1 Å². The number of hydrogen-bond donors (Lipinski definition) is 4. The summed E-state index contributed by atoms with van der Waals surface area (Å²) < 4.78 is 11.1. The summed E-state index contributed by atoms with van der Waals surface area (Å²) >= 11 is 0. The molecule has 0 aliphatic carbocycles. The second kappa shape index (κ2) is 10.4. The Balaban J connectivity index is 2.00. The number of rotatable bonds is 9. The zero-order valence-corrected chi connectivity index (χ0v) is 19.4. The maximum atomic E-state index is 11.8. The molecule has 3 rings (SSSR count). The normalized spacial score (nSPS) is 12.9. The van der Waals surface area contributed by atoms with Gasteiger partial charge in [-0.1, -0.05) is 6.07 Å². The highest BCUT2D eigenvalue weighted by atomic mass is 16.5. The van der Waals surface area contributed by atoms with E-state index in [4.69, 9.17) is 14.9 Å². The van der Waals surface area contributed by atoms with Gasteiger partial charge in [-0.15, -0.1) is 10.2 Å². The van der Waals surface area contributed by atoms with E-state index < -0.39 is 5.97 Å². The highest BCUT2D eigenvalue weighted by Crippen LogP contribution is 2.37. The predicted molar refractivity (Wildman–Crippen MR) is 128 cm³/mol. The number of ether oxygens (including phenoxy) is 1. The van der Waals surface area contributed by atoms with Crippen LogP contribution >= 0.6 is 0 Å². The summed E-state index contributed by atoms with van der Waals surface area (Å²) in [6, 6.07) is 4.93. The van der Waals surface area contributed by atoms with Crippen LogP contribution in [0, 0.1) is 6.92 Å². The minimum absolute atomic E-state index is 0.0634. The van der Waals surface area contributed by atoms with Crippen molar-refractivity contribution in [3.05, 3.63) is 47.1 Å². The topological polar surface area (TPSA) is 174 Å². The molecule has 1 unspecified atom stereocenters. The van der Waals surface area contributed by atoms with Gasteiger partial charge in [-0.25, -0.2) is 9.78 Å². The number of para-hydroxylation sites is 1. The van der Waals surface area contributed by atoms with Crippen molar-refractivity contribution < 1.29 is 19.1 Å². The number of aliphatic imine (C=N–C) groups is 1. The molecule has 2 aromatic heterocycles. The fraction of sp³-hybridized carbons (Fsp3) is 0.273. The number of nitrogens with zero attached hydrogens (tertiary/aromatic N) is 5. The first-order valence-electron chi connectivity index (χ1n) is 10.2. The van der Waals surface area contributed by atoms with Gasteiger partial charge in [0.1, 0.15) is 5.56 Å². The maximum absolute atomic E-state index is 11.8. The van der Waals surface area contributed by atoms with E-state index in [0.29, 0.717) is 28.6 Å². The lowest BCUT2D eigenvalue weighted by Crippen LogP contribution is -2.23. The average molecular weight is 467 g/mol. The smallest absolute Gasteiger partial charge is 0.341 e. The van der Waals surface area contributed by atoms with Gasteiger partial charge in [-0.05, 0) is 26.0 Å². The van der Waals surface area contributed by atoms with Gasteiger partial charge in [0.05, 0.1) is 24.4 Å². The maximum Gasteiger partial charge on any atom is 0.341 e. The van der Waals surface area contributed by atoms with Gasteiger partial charge < -0.3 is 30.6 Å². The molecule has 3 aromatic rings. The zero-order valence-electron chi connectivity index (χ0n) is 19.4. The van der Waals surface area contributed by atoms with Gasteiger partial charge in [0.15, 0.2) is 11.6 Å². The Hall–Kier alpha value is -4.48. The Morgan fingerprint density at radius 1 is 1.35 bits per heavy atom. The summed E-state index contributed by atoms with van der Waals surface area (Å²) in [5, 5.41) is 23.7. The molecule has 0 spiro atoms. The third-order valence-electron chi connectivity index (χ3n) is 4.78. The Morgan fingerprint density at radius 3 is 2.71 bits per heavy atom. The van der Waals surface area contributed by atoms with Crippen molar-refractivity contribution in [2.45, 2.75) is 26.8 Å². The molecule has 1 aromatic carbocycles. The van der Waals surface area contributed by atoms with Crippen molar-refractivity contribution in [1.29, 1.82) is 0 Å². The largest absolute Gasteiger partial charge is 0.494 e. The number of aromatic carboxylic acids is 1. The molecule has 1 atom stereocenters. The number of allylic oxidation sites excluding steroid dienone is 1. The third-order valence-corrected chi connectivity index (χ3v) is 4.78. The first kappa shape index (κ1) is 24.2. The molecule has 0 saturated heterocycles. The molecule has 5 N–H and O–H groups in total. The van der Waals surface area contributed by atoms with Crippen LogP contribution in [0.3, 0.4) is 0 Å². The molecular weight excluding hydrogens is 440 g/mol. The Labute approximate surface area is 196 Å². The number of benzene rings is 1. The number of aryl methyl sites for hydroxylation is 1. The summed E-state index contributed by atoms with van der Waals surface area (Å²) in [4.78, 5) is 24.4. The van der Waals surface area contributed by atoms with Gasteiger partial charge >= 0.3 is 5.97 Å². The second-order valence-electron chi connectivity index (χ2n) is 7.29. The highest BCUT2D eigenvalue weighted by Gasteiger charge is 2.20. The first-order chi connectivity index (χ1) is 16.2.